The SMILES string of the molecule is C[C@@H](C1CC1)n1nccc1NC(=O)COc1c(Br)cccc1Br. The van der Waals surface area contributed by atoms with Gasteiger partial charge in [-0.3, -0.25) is 4.79 Å². The van der Waals surface area contributed by atoms with Crippen molar-refractivity contribution in [2.45, 2.75) is 25.8 Å². The Bertz CT molecular complexity index is 693. The van der Waals surface area contributed by atoms with Gasteiger partial charge in [0.05, 0.1) is 21.2 Å². The van der Waals surface area contributed by atoms with E-state index in [4.69, 9.17) is 4.74 Å². The number of hydrogen-bond donors (Lipinski definition) is 1. The largest absolute Gasteiger partial charge is 0.481 e. The minimum absolute atomic E-state index is 0.0653. The van der Waals surface area contributed by atoms with Crippen LogP contribution in [-0.4, -0.2) is 22.3 Å². The Morgan fingerprint density at radius 1 is 1.39 bits per heavy atom. The average Bonchev–Trinajstić information content (AvgIpc) is 3.26. The molecule has 23 heavy (non-hydrogen) atoms. The van der Waals surface area contributed by atoms with Crippen molar-refractivity contribution in [3.8, 4) is 5.75 Å². The molecule has 1 saturated carbocycles. The Morgan fingerprint density at radius 2 is 2.09 bits per heavy atom. The van der Waals surface area contributed by atoms with Crippen LogP contribution in [0.2, 0.25) is 0 Å². The molecule has 0 radical (unpaired) electrons. The molecule has 0 saturated heterocycles. The quantitative estimate of drug-likeness (QED) is 0.721. The van der Waals surface area contributed by atoms with Gasteiger partial charge in [0.15, 0.2) is 6.61 Å². The smallest absolute Gasteiger partial charge is 0.263 e. The summed E-state index contributed by atoms with van der Waals surface area (Å²) in [5.41, 5.74) is 0. The van der Waals surface area contributed by atoms with Gasteiger partial charge in [0.25, 0.3) is 5.91 Å². The van der Waals surface area contributed by atoms with E-state index in [0.29, 0.717) is 23.5 Å². The van der Waals surface area contributed by atoms with Gasteiger partial charge in [-0.05, 0) is 69.7 Å². The molecular formula is C16H17Br2N3O2. The molecule has 0 unspecified atom stereocenters. The Balaban J connectivity index is 1.61. The number of halogens is 2. The molecule has 1 aromatic heterocycles. The molecule has 0 spiro atoms. The average molecular weight is 443 g/mol. The van der Waals surface area contributed by atoms with E-state index in [0.717, 1.165) is 8.95 Å². The van der Waals surface area contributed by atoms with Crippen LogP contribution in [0, 0.1) is 5.92 Å². The molecule has 3 rings (SSSR count). The molecule has 2 aromatic rings. The molecule has 7 heteroatoms. The number of carbonyl (C=O) groups is 1. The molecule has 1 fully saturated rings. The Kier molecular flexibility index (Phi) is 5.06. The number of amides is 1. The molecule has 1 aromatic carbocycles. The van der Waals surface area contributed by atoms with Crippen LogP contribution in [0.5, 0.6) is 5.75 Å². The molecule has 5 nitrogen and oxygen atoms in total. The van der Waals surface area contributed by atoms with Gasteiger partial charge in [0, 0.05) is 6.07 Å². The first-order chi connectivity index (χ1) is 11.1. The number of ether oxygens (including phenoxy) is 1. The van der Waals surface area contributed by atoms with Crippen molar-refractivity contribution in [2.24, 2.45) is 5.92 Å². The van der Waals surface area contributed by atoms with Crippen LogP contribution in [0.25, 0.3) is 0 Å². The zero-order chi connectivity index (χ0) is 16.4. The highest BCUT2D eigenvalue weighted by molar-refractivity contribution is 9.11. The topological polar surface area (TPSA) is 56.2 Å². The Morgan fingerprint density at radius 3 is 2.74 bits per heavy atom. The molecule has 122 valence electrons. The number of hydrogen-bond acceptors (Lipinski definition) is 3. The summed E-state index contributed by atoms with van der Waals surface area (Å²) >= 11 is 6.82. The number of rotatable bonds is 6. The van der Waals surface area contributed by atoms with Crippen LogP contribution in [0.3, 0.4) is 0 Å². The van der Waals surface area contributed by atoms with Gasteiger partial charge in [-0.2, -0.15) is 5.10 Å². The van der Waals surface area contributed by atoms with E-state index < -0.39 is 0 Å². The summed E-state index contributed by atoms with van der Waals surface area (Å²) in [6.07, 6.45) is 4.17. The van der Waals surface area contributed by atoms with Crippen molar-refractivity contribution in [1.82, 2.24) is 9.78 Å². The summed E-state index contributed by atoms with van der Waals surface area (Å²) in [5.74, 6) is 1.78. The van der Waals surface area contributed by atoms with Gasteiger partial charge in [-0.1, -0.05) is 6.07 Å². The van der Waals surface area contributed by atoms with E-state index in [1.165, 1.54) is 12.8 Å². The third kappa shape index (κ3) is 3.95. The summed E-state index contributed by atoms with van der Waals surface area (Å²) in [4.78, 5) is 12.2. The van der Waals surface area contributed by atoms with Crippen LogP contribution in [0.4, 0.5) is 5.82 Å². The summed E-state index contributed by atoms with van der Waals surface area (Å²) in [6, 6.07) is 7.73. The molecule has 1 N–H and O–H groups in total. The van der Waals surface area contributed by atoms with Crippen LogP contribution in [-0.2, 0) is 4.79 Å². The zero-order valence-corrected chi connectivity index (χ0v) is 15.8. The standard InChI is InChI=1S/C16H17Br2N3O2/c1-10(11-5-6-11)21-14(7-8-19-21)20-15(22)9-23-16-12(17)3-2-4-13(16)18/h2-4,7-8,10-11H,5-6,9H2,1H3,(H,20,22)/t10-/m0/s1. The van der Waals surface area contributed by atoms with E-state index in [1.54, 1.807) is 6.20 Å². The fourth-order valence-corrected chi connectivity index (χ4v) is 3.68. The van der Waals surface area contributed by atoms with E-state index in [9.17, 15) is 4.79 Å². The highest BCUT2D eigenvalue weighted by Crippen LogP contribution is 2.40. The first-order valence-corrected chi connectivity index (χ1v) is 9.05. The van der Waals surface area contributed by atoms with Gasteiger partial charge < -0.3 is 10.1 Å². The van der Waals surface area contributed by atoms with Crippen LogP contribution in [0.15, 0.2) is 39.4 Å². The lowest BCUT2D eigenvalue weighted by Gasteiger charge is -2.15. The van der Waals surface area contributed by atoms with Crippen LogP contribution >= 0.6 is 31.9 Å². The maximum absolute atomic E-state index is 12.2. The minimum atomic E-state index is -0.211. The van der Waals surface area contributed by atoms with Crippen molar-refractivity contribution in [3.63, 3.8) is 0 Å². The number of nitrogens with zero attached hydrogens (tertiary/aromatic N) is 2. The fraction of sp³-hybridized carbons (Fsp3) is 0.375. The normalized spacial score (nSPS) is 15.3. The summed E-state index contributed by atoms with van der Waals surface area (Å²) < 4.78 is 9.08. The van der Waals surface area contributed by atoms with E-state index in [2.05, 4.69) is 49.2 Å². The monoisotopic (exact) mass is 441 g/mol. The maximum Gasteiger partial charge on any atom is 0.263 e. The van der Waals surface area contributed by atoms with Crippen molar-refractivity contribution in [2.75, 3.05) is 11.9 Å². The minimum Gasteiger partial charge on any atom is -0.481 e. The highest BCUT2D eigenvalue weighted by atomic mass is 79.9. The summed E-state index contributed by atoms with van der Waals surface area (Å²) in [5, 5.41) is 7.19. The molecule has 1 aliphatic rings. The lowest BCUT2D eigenvalue weighted by atomic mass is 10.2. The highest BCUT2D eigenvalue weighted by Gasteiger charge is 2.30. The lowest BCUT2D eigenvalue weighted by Crippen LogP contribution is -2.23. The third-order valence-electron chi connectivity index (χ3n) is 3.89. The van der Waals surface area contributed by atoms with Crippen molar-refractivity contribution in [3.05, 3.63) is 39.4 Å². The zero-order valence-electron chi connectivity index (χ0n) is 12.6. The summed E-state index contributed by atoms with van der Waals surface area (Å²) in [6.45, 7) is 2.07. The number of aromatic nitrogens is 2. The predicted octanol–water partition coefficient (Wildman–Crippen LogP) is 4.40. The van der Waals surface area contributed by atoms with Crippen molar-refractivity contribution >= 4 is 43.6 Å². The number of carbonyl (C=O) groups excluding carboxylic acids is 1. The number of para-hydroxylation sites is 1. The first kappa shape index (κ1) is 16.5. The molecule has 1 amide bonds. The molecular weight excluding hydrogens is 426 g/mol. The molecule has 0 aliphatic heterocycles. The molecule has 1 heterocycles. The Hall–Kier alpha value is -1.34. The second-order valence-electron chi connectivity index (χ2n) is 5.63. The number of nitrogens with one attached hydrogen (secondary N) is 1. The molecule has 0 bridgehead atoms. The predicted molar refractivity (Wildman–Crippen MR) is 95.6 cm³/mol. The van der Waals surface area contributed by atoms with Gasteiger partial charge in [0.1, 0.15) is 11.6 Å². The Labute approximate surface area is 151 Å². The molecule has 1 atom stereocenters. The van der Waals surface area contributed by atoms with E-state index in [-0.39, 0.29) is 12.5 Å². The van der Waals surface area contributed by atoms with Crippen molar-refractivity contribution < 1.29 is 9.53 Å². The van der Waals surface area contributed by atoms with E-state index >= 15 is 0 Å². The van der Waals surface area contributed by atoms with Crippen LogP contribution < -0.4 is 10.1 Å². The van der Waals surface area contributed by atoms with Crippen molar-refractivity contribution in [1.29, 1.82) is 0 Å². The van der Waals surface area contributed by atoms with Gasteiger partial charge in [-0.15, -0.1) is 0 Å². The molecule has 1 aliphatic carbocycles. The fourth-order valence-electron chi connectivity index (χ4n) is 2.45. The van der Waals surface area contributed by atoms with Gasteiger partial charge in [-0.25, -0.2) is 4.68 Å². The van der Waals surface area contributed by atoms with Gasteiger partial charge in [0.2, 0.25) is 0 Å². The maximum atomic E-state index is 12.2. The summed E-state index contributed by atoms with van der Waals surface area (Å²) in [7, 11) is 0. The lowest BCUT2D eigenvalue weighted by molar-refractivity contribution is -0.118. The number of benzene rings is 1. The second-order valence-corrected chi connectivity index (χ2v) is 7.34. The van der Waals surface area contributed by atoms with E-state index in [1.807, 2.05) is 28.9 Å². The second kappa shape index (κ2) is 7.05. The van der Waals surface area contributed by atoms with Crippen LogP contribution in [0.1, 0.15) is 25.8 Å². The number of anilines is 1. The first-order valence-electron chi connectivity index (χ1n) is 7.46. The third-order valence-corrected chi connectivity index (χ3v) is 5.14. The van der Waals surface area contributed by atoms with Gasteiger partial charge >= 0.3 is 0 Å².